The van der Waals surface area contributed by atoms with Crippen molar-refractivity contribution in [1.29, 1.82) is 5.26 Å². The lowest BCUT2D eigenvalue weighted by molar-refractivity contribution is -0.192. The lowest BCUT2D eigenvalue weighted by atomic mass is 10.2. The van der Waals surface area contributed by atoms with E-state index in [2.05, 4.69) is 35.0 Å². The number of nitriles is 1. The van der Waals surface area contributed by atoms with Gasteiger partial charge in [0.15, 0.2) is 11.6 Å². The summed E-state index contributed by atoms with van der Waals surface area (Å²) in [5.74, 6) is -1.15. The number of benzene rings is 2. The second kappa shape index (κ2) is 12.5. The highest BCUT2D eigenvalue weighted by Crippen LogP contribution is 2.28. The molecule has 2 heterocycles. The van der Waals surface area contributed by atoms with Gasteiger partial charge in [0, 0.05) is 48.8 Å². The van der Waals surface area contributed by atoms with Crippen molar-refractivity contribution in [1.82, 2.24) is 14.9 Å². The summed E-state index contributed by atoms with van der Waals surface area (Å²) in [6, 6.07) is 13.4. The minimum atomic E-state index is -5.08. The van der Waals surface area contributed by atoms with Crippen LogP contribution in [0.5, 0.6) is 0 Å². The second-order valence-corrected chi connectivity index (χ2v) is 9.66. The second-order valence-electron chi connectivity index (χ2n) is 8.81. The van der Waals surface area contributed by atoms with Gasteiger partial charge in [0.2, 0.25) is 0 Å². The smallest absolute Gasteiger partial charge is 0.475 e. The summed E-state index contributed by atoms with van der Waals surface area (Å²) in [6.45, 7) is 8.33. The Morgan fingerprint density at radius 1 is 1.11 bits per heavy atom. The number of carbonyl (C=O) groups is 1. The molecule has 1 aliphatic rings. The monoisotopic (exact) mass is 568 g/mol. The van der Waals surface area contributed by atoms with E-state index in [1.807, 2.05) is 24.3 Å². The Kier molecular flexibility index (Phi) is 9.60. The van der Waals surface area contributed by atoms with Gasteiger partial charge in [-0.3, -0.25) is 4.90 Å². The standard InChI is InChI=1S/C23H24Cl2N6.C2HF3O2/c1-15(2)27-22-23(29-21-11-16(13-26)3-6-20(21)28-22)31-9-7-30(8-10-31)14-17-12-18(24)4-5-19(17)25;3-2(4,5)1(6)7/h3-6,11-12,15H,7-10,14H2,1-2H3,(H,27,28);(H,6,7). The minimum absolute atomic E-state index is 0.232. The highest BCUT2D eigenvalue weighted by molar-refractivity contribution is 6.33. The number of carboxylic acid groups (broad SMARTS) is 1. The summed E-state index contributed by atoms with van der Waals surface area (Å²) in [7, 11) is 0. The zero-order valence-electron chi connectivity index (χ0n) is 20.6. The van der Waals surface area contributed by atoms with E-state index in [-0.39, 0.29) is 6.04 Å². The third-order valence-corrected chi connectivity index (χ3v) is 6.12. The summed E-state index contributed by atoms with van der Waals surface area (Å²) in [6.07, 6.45) is -5.08. The fourth-order valence-corrected chi connectivity index (χ4v) is 4.10. The van der Waals surface area contributed by atoms with E-state index >= 15 is 0 Å². The highest BCUT2D eigenvalue weighted by Gasteiger charge is 2.38. The molecular formula is C25H25Cl2F3N6O2. The van der Waals surface area contributed by atoms with E-state index in [1.54, 1.807) is 12.1 Å². The molecule has 0 atom stereocenters. The van der Waals surface area contributed by atoms with Gasteiger partial charge in [-0.2, -0.15) is 18.4 Å². The van der Waals surface area contributed by atoms with Gasteiger partial charge in [-0.05, 0) is 55.8 Å². The van der Waals surface area contributed by atoms with Crippen LogP contribution in [0.4, 0.5) is 24.8 Å². The molecule has 0 unspecified atom stereocenters. The van der Waals surface area contributed by atoms with Crippen LogP contribution in [0.1, 0.15) is 25.0 Å². The number of anilines is 2. The van der Waals surface area contributed by atoms with E-state index in [1.165, 1.54) is 0 Å². The molecule has 2 aromatic carbocycles. The number of fused-ring (bicyclic) bond motifs is 1. The number of nitrogens with one attached hydrogen (secondary N) is 1. The van der Waals surface area contributed by atoms with Crippen molar-refractivity contribution in [3.63, 3.8) is 0 Å². The number of halogens is 5. The number of piperazine rings is 1. The van der Waals surface area contributed by atoms with Crippen molar-refractivity contribution in [2.45, 2.75) is 32.6 Å². The molecule has 0 bridgehead atoms. The van der Waals surface area contributed by atoms with Crippen molar-refractivity contribution in [3.8, 4) is 6.07 Å². The number of nitrogens with zero attached hydrogens (tertiary/aromatic N) is 5. The Hall–Kier alpha value is -3.33. The van der Waals surface area contributed by atoms with E-state index in [9.17, 15) is 18.4 Å². The first kappa shape index (κ1) is 29.2. The number of hydrogen-bond acceptors (Lipinski definition) is 7. The van der Waals surface area contributed by atoms with Crippen molar-refractivity contribution in [2.75, 3.05) is 36.4 Å². The average molecular weight is 569 g/mol. The molecular weight excluding hydrogens is 544 g/mol. The predicted octanol–water partition coefficient (Wildman–Crippen LogP) is 5.58. The summed E-state index contributed by atoms with van der Waals surface area (Å²) < 4.78 is 31.7. The number of aromatic nitrogens is 2. The molecule has 0 aliphatic carbocycles. The predicted molar refractivity (Wildman–Crippen MR) is 141 cm³/mol. The summed E-state index contributed by atoms with van der Waals surface area (Å²) in [5.41, 5.74) is 3.14. The van der Waals surface area contributed by atoms with Gasteiger partial charge in [0.1, 0.15) is 0 Å². The van der Waals surface area contributed by atoms with Crippen molar-refractivity contribution < 1.29 is 23.1 Å². The van der Waals surface area contributed by atoms with Crippen LogP contribution >= 0.6 is 23.2 Å². The molecule has 0 spiro atoms. The van der Waals surface area contributed by atoms with E-state index in [0.29, 0.717) is 10.6 Å². The fraction of sp³-hybridized carbons (Fsp3) is 0.360. The van der Waals surface area contributed by atoms with Crippen molar-refractivity contribution in [2.24, 2.45) is 0 Å². The number of hydrogen-bond donors (Lipinski definition) is 2. The number of carboxylic acids is 1. The third-order valence-electron chi connectivity index (χ3n) is 5.52. The first-order valence-electron chi connectivity index (χ1n) is 11.6. The van der Waals surface area contributed by atoms with E-state index in [0.717, 1.165) is 66.0 Å². The van der Waals surface area contributed by atoms with Crippen molar-refractivity contribution in [3.05, 3.63) is 57.6 Å². The molecule has 202 valence electrons. The van der Waals surface area contributed by atoms with Crippen molar-refractivity contribution >= 4 is 51.8 Å². The van der Waals surface area contributed by atoms with Crippen LogP contribution in [0.2, 0.25) is 10.0 Å². The molecule has 0 radical (unpaired) electrons. The van der Waals surface area contributed by atoms with Gasteiger partial charge in [0.05, 0.1) is 22.7 Å². The van der Waals surface area contributed by atoms with Crippen LogP contribution in [0.15, 0.2) is 36.4 Å². The maximum Gasteiger partial charge on any atom is 0.490 e. The molecule has 8 nitrogen and oxygen atoms in total. The summed E-state index contributed by atoms with van der Waals surface area (Å²) >= 11 is 12.5. The van der Waals surface area contributed by atoms with Gasteiger partial charge in [-0.15, -0.1) is 0 Å². The number of aliphatic carboxylic acids is 1. The maximum atomic E-state index is 10.6. The van der Waals surface area contributed by atoms with Crippen LogP contribution in [0.3, 0.4) is 0 Å². The Labute approximate surface area is 227 Å². The Morgan fingerprint density at radius 2 is 1.76 bits per heavy atom. The first-order valence-corrected chi connectivity index (χ1v) is 12.3. The average Bonchev–Trinajstić information content (AvgIpc) is 2.85. The Balaban J connectivity index is 0.000000505. The number of rotatable bonds is 5. The topological polar surface area (TPSA) is 105 Å². The molecule has 1 fully saturated rings. The molecule has 3 aromatic rings. The zero-order chi connectivity index (χ0) is 28.0. The molecule has 1 aromatic heterocycles. The Bertz CT molecular complexity index is 1340. The molecule has 0 saturated carbocycles. The van der Waals surface area contributed by atoms with Gasteiger partial charge >= 0.3 is 12.1 Å². The molecule has 0 amide bonds. The van der Waals surface area contributed by atoms with E-state index < -0.39 is 12.1 Å². The zero-order valence-corrected chi connectivity index (χ0v) is 22.1. The molecule has 2 N–H and O–H groups in total. The summed E-state index contributed by atoms with van der Waals surface area (Å²) in [5, 5.41) is 21.2. The van der Waals surface area contributed by atoms with Gasteiger partial charge in [0.25, 0.3) is 0 Å². The molecule has 4 rings (SSSR count). The number of alkyl halides is 3. The van der Waals surface area contributed by atoms with Crippen LogP contribution in [-0.2, 0) is 11.3 Å². The van der Waals surface area contributed by atoms with Crippen LogP contribution < -0.4 is 10.2 Å². The molecule has 1 saturated heterocycles. The Morgan fingerprint density at radius 3 is 2.34 bits per heavy atom. The van der Waals surface area contributed by atoms with Gasteiger partial charge in [-0.25, -0.2) is 14.8 Å². The quantitative estimate of drug-likeness (QED) is 0.410. The van der Waals surface area contributed by atoms with Gasteiger partial charge < -0.3 is 15.3 Å². The SMILES string of the molecule is CC(C)Nc1nc2ccc(C#N)cc2nc1N1CCN(Cc2cc(Cl)ccc2Cl)CC1.O=C(O)C(F)(F)F. The van der Waals surface area contributed by atoms with Crippen LogP contribution in [0, 0.1) is 11.3 Å². The van der Waals surface area contributed by atoms with Gasteiger partial charge in [-0.1, -0.05) is 23.2 Å². The highest BCUT2D eigenvalue weighted by atomic mass is 35.5. The van der Waals surface area contributed by atoms with E-state index in [4.69, 9.17) is 43.1 Å². The largest absolute Gasteiger partial charge is 0.490 e. The maximum absolute atomic E-state index is 10.6. The minimum Gasteiger partial charge on any atom is -0.475 e. The van der Waals surface area contributed by atoms with Crippen LogP contribution in [0.25, 0.3) is 11.0 Å². The first-order chi connectivity index (χ1) is 17.9. The lowest BCUT2D eigenvalue weighted by Crippen LogP contribution is -2.46. The summed E-state index contributed by atoms with van der Waals surface area (Å²) in [4.78, 5) is 23.2. The molecule has 38 heavy (non-hydrogen) atoms. The normalized spacial score (nSPS) is 14.1. The third kappa shape index (κ3) is 7.84. The fourth-order valence-electron chi connectivity index (χ4n) is 3.73. The lowest BCUT2D eigenvalue weighted by Gasteiger charge is -2.36. The molecule has 13 heteroatoms. The molecule has 1 aliphatic heterocycles. The van der Waals surface area contributed by atoms with Crippen LogP contribution in [-0.4, -0.2) is 64.3 Å².